The Morgan fingerprint density at radius 2 is 0.492 bits per heavy atom. The number of para-hydroxylation sites is 8. The number of nitrogens with zero attached hydrogens (tertiary/aromatic N) is 12. The summed E-state index contributed by atoms with van der Waals surface area (Å²) in [6, 6.07) is 139. The normalized spacial score (nSPS) is 11.3. The van der Waals surface area contributed by atoms with Gasteiger partial charge >= 0.3 is 0 Å². The van der Waals surface area contributed by atoms with Gasteiger partial charge in [0.2, 0.25) is 5.69 Å². The quantitative estimate of drug-likeness (QED) is 0.133. The van der Waals surface area contributed by atoms with Gasteiger partial charge in [0.15, 0.2) is 22.7 Å². The highest BCUT2D eigenvalue weighted by Crippen LogP contribution is 2.47. The predicted molar refractivity (Wildman–Crippen MR) is 518 cm³/mol. The molecule has 0 saturated carbocycles. The summed E-state index contributed by atoms with van der Waals surface area (Å²) in [4.78, 5) is 18.6. The molecule has 0 N–H and O–H groups in total. The summed E-state index contributed by atoms with van der Waals surface area (Å²) in [6.07, 6.45) is 0. The van der Waals surface area contributed by atoms with Crippen LogP contribution in [-0.4, -0.2) is 27.4 Å². The molecule has 0 aliphatic carbocycles. The Morgan fingerprint density at radius 3 is 0.913 bits per heavy atom. The molecule has 0 spiro atoms. The Morgan fingerprint density at radius 1 is 0.198 bits per heavy atom. The zero-order chi connectivity index (χ0) is 84.6. The molecule has 0 aliphatic rings. The molecule has 0 atom stereocenters. The van der Waals surface area contributed by atoms with Crippen LogP contribution in [0.25, 0.3) is 223 Å². The first-order chi connectivity index (χ1) is 62.3. The van der Waals surface area contributed by atoms with Crippen LogP contribution in [0.1, 0.15) is 5.56 Å². The van der Waals surface area contributed by atoms with Crippen LogP contribution in [-0.2, 0) is 0 Å². The van der Waals surface area contributed by atoms with Gasteiger partial charge in [0, 0.05) is 76.9 Å². The molecule has 582 valence electrons. The van der Waals surface area contributed by atoms with Gasteiger partial charge in [0.25, 0.3) is 0 Å². The van der Waals surface area contributed by atoms with Crippen molar-refractivity contribution >= 4 is 159 Å². The smallest absolute Gasteiger partial charge is 0.210 e. The van der Waals surface area contributed by atoms with E-state index >= 15 is 0 Å². The van der Waals surface area contributed by atoms with Gasteiger partial charge < -0.3 is 27.4 Å². The summed E-state index contributed by atoms with van der Waals surface area (Å²) < 4.78 is 13.6. The SMILES string of the molecule is [C-]#[N+]c1ccc2c(c1)c1c(-c3cccc(-n4c5ccccc5c5ccccc54)c3)cccc1n2-c1ccccc1[N+]#[C-].[C-]#[N+]c1ccc2c(c1)c1ccccc1n2-c1cccc(-c2cccc3c2c2ccccc2n3-c2ccc(C#N)cc2)c1.[C-]#[N+]c1cccc(-n2c3ccc([N+]#[C-])cc3c3c(-c4cccc(-n5c6ccccc6c6ccccc65)c4)cccc32)c1. The summed E-state index contributed by atoms with van der Waals surface area (Å²) in [6.45, 7) is 38.3. The summed E-state index contributed by atoms with van der Waals surface area (Å²) in [5.41, 5.74) is 29.5. The number of nitriles is 1. The summed E-state index contributed by atoms with van der Waals surface area (Å²) >= 11 is 0. The van der Waals surface area contributed by atoms with Crippen LogP contribution < -0.4 is 0 Å². The van der Waals surface area contributed by atoms with Gasteiger partial charge in [0.1, 0.15) is 0 Å². The predicted octanol–water partition coefficient (Wildman–Crippen LogP) is 31.3. The van der Waals surface area contributed by atoms with E-state index in [2.05, 4.69) is 337 Å². The van der Waals surface area contributed by atoms with Gasteiger partial charge in [0.05, 0.1) is 116 Å². The lowest BCUT2D eigenvalue weighted by atomic mass is 9.98. The van der Waals surface area contributed by atoms with Crippen LogP contribution in [0.5, 0.6) is 0 Å². The average Bonchev–Trinajstić information content (AvgIpc) is 1.58. The molecule has 0 unspecified atom stereocenters. The van der Waals surface area contributed by atoms with Gasteiger partial charge in [-0.2, -0.15) is 5.26 Å². The standard InChI is InChI=1S/3C38H22N4/c1-39-26-21-22-35-31(24-26)38-28(15-10-20-37(38)42(35)36-19-8-5-16-32(36)40-2)25-11-9-12-27(23-25)41-33-17-6-3-13-29(33)30-14-4-7-18-34(30)41;1-39-26-11-8-13-29(23-26)42-36-21-20-27(40-2)24-33(36)38-30(16-9-19-37(38)42)25-10-7-12-28(22-25)41-34-17-5-3-14-31(34)32-15-4-6-18-35(32)41;1-40-27-18-21-36-33(23-27)31-10-2-4-13-34(31)42(36)29-9-6-8-26(22-29)30-12-7-15-37-38(30)32-11-3-5-14-35(32)41(37)28-19-16-25(24-39)17-20-28/h2*3-24H;2-23H. The zero-order valence-electron chi connectivity index (χ0n) is 67.5. The fourth-order valence-corrected chi connectivity index (χ4v) is 19.1. The maximum absolute atomic E-state index is 9.33. The van der Waals surface area contributed by atoms with Crippen molar-refractivity contribution in [2.45, 2.75) is 0 Å². The van der Waals surface area contributed by atoms with Crippen molar-refractivity contribution in [3.63, 3.8) is 0 Å². The van der Waals surface area contributed by atoms with E-state index in [-0.39, 0.29) is 0 Å². The lowest BCUT2D eigenvalue weighted by Gasteiger charge is -2.12. The van der Waals surface area contributed by atoms with Crippen LogP contribution in [0.4, 0.5) is 28.4 Å². The molecule has 0 bridgehead atoms. The first-order valence-corrected chi connectivity index (χ1v) is 41.3. The van der Waals surface area contributed by atoms with Gasteiger partial charge in [-0.3, -0.25) is 0 Å². The van der Waals surface area contributed by atoms with E-state index in [0.717, 1.165) is 144 Å². The minimum atomic E-state index is 0.587. The zero-order valence-corrected chi connectivity index (χ0v) is 67.5. The van der Waals surface area contributed by atoms with E-state index in [1.807, 2.05) is 121 Å². The third kappa shape index (κ3) is 12.1. The van der Waals surface area contributed by atoms with Crippen molar-refractivity contribution in [1.29, 1.82) is 5.26 Å². The molecular formula is C114H66N12. The highest BCUT2D eigenvalue weighted by atomic mass is 15.0. The Labute approximate surface area is 723 Å². The molecular weight excluding hydrogens is 1540 g/mol. The van der Waals surface area contributed by atoms with Gasteiger partial charge in [-0.25, -0.2) is 24.2 Å². The Hall–Kier alpha value is -18.3. The Bertz CT molecular complexity index is 8850. The number of benzene rings is 18. The summed E-state index contributed by atoms with van der Waals surface area (Å²) in [5.74, 6) is 0. The maximum atomic E-state index is 9.33. The molecule has 0 aliphatic heterocycles. The van der Waals surface area contributed by atoms with Crippen LogP contribution in [0, 0.1) is 44.2 Å². The van der Waals surface area contributed by atoms with E-state index in [9.17, 15) is 5.26 Å². The highest BCUT2D eigenvalue weighted by Gasteiger charge is 2.24. The summed E-state index contributed by atoms with van der Waals surface area (Å²) in [5, 5.41) is 23.0. The number of hydrogen-bond acceptors (Lipinski definition) is 1. The fraction of sp³-hybridized carbons (Fsp3) is 0. The van der Waals surface area contributed by atoms with Crippen molar-refractivity contribution in [2.75, 3.05) is 0 Å². The molecule has 6 heterocycles. The van der Waals surface area contributed by atoms with E-state index in [1.54, 1.807) is 0 Å². The second kappa shape index (κ2) is 30.5. The first kappa shape index (κ1) is 74.0. The van der Waals surface area contributed by atoms with Crippen molar-refractivity contribution in [1.82, 2.24) is 27.4 Å². The Balaban J connectivity index is 0.000000112. The van der Waals surface area contributed by atoms with Crippen molar-refractivity contribution in [3.05, 3.63) is 463 Å². The third-order valence-electron chi connectivity index (χ3n) is 24.4. The molecule has 0 radical (unpaired) electrons. The highest BCUT2D eigenvalue weighted by molar-refractivity contribution is 6.20. The average molecular weight is 1600 g/mol. The van der Waals surface area contributed by atoms with Crippen LogP contribution in [0.2, 0.25) is 0 Å². The monoisotopic (exact) mass is 1600 g/mol. The van der Waals surface area contributed by atoms with Crippen molar-refractivity contribution < 1.29 is 0 Å². The van der Waals surface area contributed by atoms with E-state index in [1.165, 1.54) is 54.4 Å². The molecule has 6 aromatic heterocycles. The summed E-state index contributed by atoms with van der Waals surface area (Å²) in [7, 11) is 0. The molecule has 12 heteroatoms. The van der Waals surface area contributed by atoms with Crippen LogP contribution in [0.15, 0.2) is 400 Å². The number of fused-ring (bicyclic) bond motifs is 18. The van der Waals surface area contributed by atoms with Gasteiger partial charge in [-0.15, -0.1) is 0 Å². The molecule has 24 aromatic rings. The van der Waals surface area contributed by atoms with Gasteiger partial charge in [-0.1, -0.05) is 231 Å². The molecule has 24 rings (SSSR count). The van der Waals surface area contributed by atoms with Gasteiger partial charge in [-0.05, 0) is 219 Å². The first-order valence-electron chi connectivity index (χ1n) is 41.3. The second-order valence-electron chi connectivity index (χ2n) is 31.2. The minimum absolute atomic E-state index is 0.587. The minimum Gasteiger partial charge on any atom is -0.319 e. The molecule has 18 aromatic carbocycles. The van der Waals surface area contributed by atoms with E-state index in [4.69, 9.17) is 32.9 Å². The van der Waals surface area contributed by atoms with E-state index < -0.39 is 0 Å². The fourth-order valence-electron chi connectivity index (χ4n) is 19.1. The van der Waals surface area contributed by atoms with Crippen LogP contribution in [0.3, 0.4) is 0 Å². The van der Waals surface area contributed by atoms with Crippen molar-refractivity contribution in [2.24, 2.45) is 0 Å². The molecule has 0 saturated heterocycles. The number of rotatable bonds is 9. The molecule has 0 fully saturated rings. The topological polar surface area (TPSA) is 75.2 Å². The van der Waals surface area contributed by atoms with E-state index in [0.29, 0.717) is 34.0 Å². The maximum Gasteiger partial charge on any atom is 0.210 e. The molecule has 0 amide bonds. The third-order valence-corrected chi connectivity index (χ3v) is 24.4. The molecule has 12 nitrogen and oxygen atoms in total. The van der Waals surface area contributed by atoms with Crippen LogP contribution >= 0.6 is 0 Å². The van der Waals surface area contributed by atoms with Crippen molar-refractivity contribution in [3.8, 4) is 73.6 Å². The lowest BCUT2D eigenvalue weighted by molar-refractivity contribution is 1.18. The number of hydrogen-bond donors (Lipinski definition) is 0. The Kier molecular flexibility index (Phi) is 17.9. The largest absolute Gasteiger partial charge is 0.319 e. The number of aromatic nitrogens is 6. The lowest BCUT2D eigenvalue weighted by Crippen LogP contribution is -1.95. The second-order valence-corrected chi connectivity index (χ2v) is 31.2. The molecule has 126 heavy (non-hydrogen) atoms.